The molecule has 0 fully saturated rings. The van der Waals surface area contributed by atoms with E-state index in [0.717, 1.165) is 5.56 Å². The Hall–Kier alpha value is -2.93. The molecule has 29 heavy (non-hydrogen) atoms. The fourth-order valence-electron chi connectivity index (χ4n) is 3.17. The predicted molar refractivity (Wildman–Crippen MR) is 106 cm³/mol. The molecule has 0 bridgehead atoms. The number of amides is 1. The molecule has 0 aliphatic rings. The molecule has 3 rings (SSSR count). The molecule has 0 aliphatic carbocycles. The van der Waals surface area contributed by atoms with Gasteiger partial charge in [0, 0.05) is 11.8 Å². The number of aliphatic hydroxyl groups excluding tert-OH is 1. The number of carbonyl (C=O) groups excluding carboxylic acids is 1. The Morgan fingerprint density at radius 3 is 2.62 bits per heavy atom. The quantitative estimate of drug-likeness (QED) is 0.584. The standard InChI is InChI=1S/C22H23F2NO4/c1-13-6-4-5-7-17(13)29-15-8-9-18-16(10-15)20(14(2)28-18)21(27)25-22(3,12-26)11-19(23)24/h4-10,19,26H,11-12H2,1-3H3,(H,25,27). The van der Waals surface area contributed by atoms with Crippen molar-refractivity contribution in [2.75, 3.05) is 6.61 Å². The van der Waals surface area contributed by atoms with Gasteiger partial charge in [-0.3, -0.25) is 4.79 Å². The zero-order valence-corrected chi connectivity index (χ0v) is 16.5. The van der Waals surface area contributed by atoms with Crippen LogP contribution in [0.3, 0.4) is 0 Å². The highest BCUT2D eigenvalue weighted by Crippen LogP contribution is 2.32. The summed E-state index contributed by atoms with van der Waals surface area (Å²) in [5.74, 6) is 0.955. The highest BCUT2D eigenvalue weighted by molar-refractivity contribution is 6.07. The van der Waals surface area contributed by atoms with Crippen molar-refractivity contribution in [3.8, 4) is 11.5 Å². The van der Waals surface area contributed by atoms with Gasteiger partial charge in [0.1, 0.15) is 22.8 Å². The van der Waals surface area contributed by atoms with Crippen molar-refractivity contribution in [2.45, 2.75) is 39.2 Å². The van der Waals surface area contributed by atoms with E-state index in [1.165, 1.54) is 6.92 Å². The molecule has 154 valence electrons. The van der Waals surface area contributed by atoms with Gasteiger partial charge >= 0.3 is 0 Å². The summed E-state index contributed by atoms with van der Waals surface area (Å²) in [6.45, 7) is 4.31. The number of hydrogen-bond acceptors (Lipinski definition) is 4. The number of ether oxygens (including phenoxy) is 1. The summed E-state index contributed by atoms with van der Waals surface area (Å²) < 4.78 is 37.2. The van der Waals surface area contributed by atoms with Crippen LogP contribution in [0.25, 0.3) is 11.0 Å². The van der Waals surface area contributed by atoms with Crippen molar-refractivity contribution in [3.63, 3.8) is 0 Å². The highest BCUT2D eigenvalue weighted by Gasteiger charge is 2.31. The van der Waals surface area contributed by atoms with Crippen molar-refractivity contribution in [1.29, 1.82) is 0 Å². The van der Waals surface area contributed by atoms with Gasteiger partial charge in [-0.2, -0.15) is 0 Å². The van der Waals surface area contributed by atoms with Crippen molar-refractivity contribution in [1.82, 2.24) is 5.32 Å². The van der Waals surface area contributed by atoms with Crippen molar-refractivity contribution >= 4 is 16.9 Å². The normalized spacial score (nSPS) is 13.5. The van der Waals surface area contributed by atoms with E-state index in [1.807, 2.05) is 31.2 Å². The van der Waals surface area contributed by atoms with Gasteiger partial charge < -0.3 is 19.6 Å². The number of aryl methyl sites for hydroxylation is 2. The Balaban J connectivity index is 1.94. The van der Waals surface area contributed by atoms with E-state index in [4.69, 9.17) is 9.15 Å². The molecule has 0 aliphatic heterocycles. The lowest BCUT2D eigenvalue weighted by molar-refractivity contribution is 0.0586. The van der Waals surface area contributed by atoms with E-state index in [9.17, 15) is 18.7 Å². The molecule has 2 N–H and O–H groups in total. The zero-order valence-electron chi connectivity index (χ0n) is 16.5. The van der Waals surface area contributed by atoms with Crippen molar-refractivity contribution in [3.05, 3.63) is 59.4 Å². The number of halogens is 2. The van der Waals surface area contributed by atoms with Gasteiger partial charge in [0.25, 0.3) is 5.91 Å². The minimum Gasteiger partial charge on any atom is -0.461 e. The summed E-state index contributed by atoms with van der Waals surface area (Å²) >= 11 is 0. The third-order valence-corrected chi connectivity index (χ3v) is 4.75. The number of benzene rings is 2. The molecule has 1 heterocycles. The minimum absolute atomic E-state index is 0.226. The van der Waals surface area contributed by atoms with E-state index in [-0.39, 0.29) is 5.56 Å². The summed E-state index contributed by atoms with van der Waals surface area (Å²) in [6, 6.07) is 12.6. The maximum absolute atomic E-state index is 12.9. The first kappa shape index (κ1) is 20.8. The average Bonchev–Trinajstić information content (AvgIpc) is 2.98. The SMILES string of the molecule is Cc1ccccc1Oc1ccc2oc(C)c(C(=O)NC(C)(CO)CC(F)F)c2c1. The molecule has 0 saturated heterocycles. The summed E-state index contributed by atoms with van der Waals surface area (Å²) in [5.41, 5.74) is 0.212. The number of para-hydroxylation sites is 1. The fourth-order valence-corrected chi connectivity index (χ4v) is 3.17. The van der Waals surface area contributed by atoms with Crippen LogP contribution in [-0.2, 0) is 0 Å². The Morgan fingerprint density at radius 2 is 1.97 bits per heavy atom. The molecule has 1 unspecified atom stereocenters. The van der Waals surface area contributed by atoms with E-state index in [1.54, 1.807) is 25.1 Å². The molecule has 0 radical (unpaired) electrons. The molecule has 5 nitrogen and oxygen atoms in total. The second kappa shape index (κ2) is 8.21. The number of nitrogens with one attached hydrogen (secondary N) is 1. The third kappa shape index (κ3) is 4.56. The molecule has 0 saturated carbocycles. The van der Waals surface area contributed by atoms with E-state index in [0.29, 0.717) is 28.2 Å². The second-order valence-corrected chi connectivity index (χ2v) is 7.33. The van der Waals surface area contributed by atoms with E-state index in [2.05, 4.69) is 5.32 Å². The lowest BCUT2D eigenvalue weighted by atomic mass is 9.98. The van der Waals surface area contributed by atoms with Gasteiger partial charge in [-0.25, -0.2) is 8.78 Å². The molecule has 1 atom stereocenters. The number of carbonyl (C=O) groups is 1. The highest BCUT2D eigenvalue weighted by atomic mass is 19.3. The van der Waals surface area contributed by atoms with Crippen LogP contribution < -0.4 is 10.1 Å². The van der Waals surface area contributed by atoms with Crippen molar-refractivity contribution in [2.24, 2.45) is 0 Å². The topological polar surface area (TPSA) is 71.7 Å². The maximum atomic E-state index is 12.9. The first-order valence-electron chi connectivity index (χ1n) is 9.20. The number of rotatable bonds is 7. The summed E-state index contributed by atoms with van der Waals surface area (Å²) in [7, 11) is 0. The third-order valence-electron chi connectivity index (χ3n) is 4.75. The summed E-state index contributed by atoms with van der Waals surface area (Å²) in [4.78, 5) is 12.9. The van der Waals surface area contributed by atoms with Crippen LogP contribution >= 0.6 is 0 Å². The molecule has 1 amide bonds. The Kier molecular flexibility index (Phi) is 5.88. The van der Waals surface area contributed by atoms with Crippen LogP contribution in [0.4, 0.5) is 8.78 Å². The first-order valence-corrected chi connectivity index (χ1v) is 9.20. The van der Waals surface area contributed by atoms with Crippen molar-refractivity contribution < 1.29 is 27.8 Å². The average molecular weight is 403 g/mol. The largest absolute Gasteiger partial charge is 0.461 e. The Bertz CT molecular complexity index is 1030. The van der Waals surface area contributed by atoms with Gasteiger partial charge in [0.05, 0.1) is 17.7 Å². The zero-order chi connectivity index (χ0) is 21.2. The van der Waals surface area contributed by atoms with Crippen LogP contribution in [0.2, 0.25) is 0 Å². The fraction of sp³-hybridized carbons (Fsp3) is 0.318. The minimum atomic E-state index is -2.66. The van der Waals surface area contributed by atoms with Crippen LogP contribution in [-0.4, -0.2) is 29.6 Å². The first-order chi connectivity index (χ1) is 13.7. The number of alkyl halides is 2. The van der Waals surface area contributed by atoms with E-state index >= 15 is 0 Å². The summed E-state index contributed by atoms with van der Waals surface area (Å²) in [6.07, 6.45) is -3.32. The molecule has 3 aromatic rings. The summed E-state index contributed by atoms with van der Waals surface area (Å²) in [5, 5.41) is 12.5. The van der Waals surface area contributed by atoms with Gasteiger partial charge in [0.15, 0.2) is 0 Å². The van der Waals surface area contributed by atoms with Gasteiger partial charge in [-0.15, -0.1) is 0 Å². The Morgan fingerprint density at radius 1 is 1.24 bits per heavy atom. The molecular formula is C22H23F2NO4. The number of fused-ring (bicyclic) bond motifs is 1. The molecule has 7 heteroatoms. The molecule has 2 aromatic carbocycles. The van der Waals surface area contributed by atoms with Crippen LogP contribution in [0.15, 0.2) is 46.9 Å². The maximum Gasteiger partial charge on any atom is 0.255 e. The number of aliphatic hydroxyl groups is 1. The molecule has 0 spiro atoms. The van der Waals surface area contributed by atoms with Crippen LogP contribution in [0, 0.1) is 13.8 Å². The smallest absolute Gasteiger partial charge is 0.255 e. The van der Waals surface area contributed by atoms with Gasteiger partial charge in [-0.1, -0.05) is 18.2 Å². The number of hydrogen-bond donors (Lipinski definition) is 2. The molecular weight excluding hydrogens is 380 g/mol. The monoisotopic (exact) mass is 403 g/mol. The Labute approximate surface area is 167 Å². The predicted octanol–water partition coefficient (Wildman–Crippen LogP) is 4.98. The van der Waals surface area contributed by atoms with Gasteiger partial charge in [0.2, 0.25) is 6.43 Å². The van der Waals surface area contributed by atoms with Crippen LogP contribution in [0.1, 0.15) is 35.0 Å². The lowest BCUT2D eigenvalue weighted by Crippen LogP contribution is -2.50. The van der Waals surface area contributed by atoms with Gasteiger partial charge in [-0.05, 0) is 50.6 Å². The molecule has 1 aromatic heterocycles. The van der Waals surface area contributed by atoms with Crippen LogP contribution in [0.5, 0.6) is 11.5 Å². The van der Waals surface area contributed by atoms with E-state index < -0.39 is 30.9 Å². The second-order valence-electron chi connectivity index (χ2n) is 7.33. The lowest BCUT2D eigenvalue weighted by Gasteiger charge is -2.28. The number of furan rings is 1.